The highest BCUT2D eigenvalue weighted by Gasteiger charge is 2.20. The SMILES string of the molecule is CSc1nc(=O)[nH]c(C)c1C(=O)Nc1sccc1C(=O)O. The molecular formula is C12H11N3O4S2. The van der Waals surface area contributed by atoms with Gasteiger partial charge in [-0.25, -0.2) is 9.59 Å². The van der Waals surface area contributed by atoms with E-state index in [1.165, 1.54) is 17.8 Å². The van der Waals surface area contributed by atoms with E-state index in [1.54, 1.807) is 18.6 Å². The third-order valence-corrected chi connectivity index (χ3v) is 4.14. The lowest BCUT2D eigenvalue weighted by atomic mass is 10.2. The van der Waals surface area contributed by atoms with Crippen LogP contribution in [-0.2, 0) is 0 Å². The summed E-state index contributed by atoms with van der Waals surface area (Å²) in [6, 6.07) is 1.41. The average Bonchev–Trinajstić information content (AvgIpc) is 2.85. The number of carboxylic acid groups (broad SMARTS) is 1. The number of aromatic carboxylic acids is 1. The van der Waals surface area contributed by atoms with Gasteiger partial charge in [-0.05, 0) is 24.6 Å². The predicted octanol–water partition coefficient (Wildman–Crippen LogP) is 1.81. The summed E-state index contributed by atoms with van der Waals surface area (Å²) < 4.78 is 0. The van der Waals surface area contributed by atoms with Gasteiger partial charge in [0.25, 0.3) is 5.91 Å². The molecule has 0 aliphatic carbocycles. The van der Waals surface area contributed by atoms with Crippen LogP contribution < -0.4 is 11.0 Å². The molecule has 0 saturated heterocycles. The zero-order valence-electron chi connectivity index (χ0n) is 11.1. The second-order valence-corrected chi connectivity index (χ2v) is 5.68. The maximum Gasteiger partial charge on any atom is 0.346 e. The number of H-pyrrole nitrogens is 1. The first kappa shape index (κ1) is 15.3. The lowest BCUT2D eigenvalue weighted by molar-refractivity contribution is 0.0698. The molecule has 0 unspecified atom stereocenters. The number of carbonyl (C=O) groups excluding carboxylic acids is 1. The number of carbonyl (C=O) groups is 2. The second-order valence-electron chi connectivity index (χ2n) is 3.97. The van der Waals surface area contributed by atoms with Gasteiger partial charge in [-0.1, -0.05) is 0 Å². The summed E-state index contributed by atoms with van der Waals surface area (Å²) in [6.45, 7) is 1.59. The first-order valence-corrected chi connectivity index (χ1v) is 7.81. The van der Waals surface area contributed by atoms with Crippen molar-refractivity contribution in [3.63, 3.8) is 0 Å². The molecule has 0 aliphatic rings. The van der Waals surface area contributed by atoms with Crippen LogP contribution in [0.15, 0.2) is 21.3 Å². The van der Waals surface area contributed by atoms with Gasteiger partial charge in [-0.2, -0.15) is 4.98 Å². The van der Waals surface area contributed by atoms with Crippen molar-refractivity contribution in [1.82, 2.24) is 9.97 Å². The quantitative estimate of drug-likeness (QED) is 0.584. The number of amides is 1. The van der Waals surface area contributed by atoms with Gasteiger partial charge in [-0.15, -0.1) is 23.1 Å². The van der Waals surface area contributed by atoms with Crippen molar-refractivity contribution >= 4 is 40.0 Å². The van der Waals surface area contributed by atoms with Crippen LogP contribution in [0, 0.1) is 6.92 Å². The molecule has 0 spiro atoms. The number of hydrogen-bond donors (Lipinski definition) is 3. The standard InChI is InChI=1S/C12H11N3O4S2/c1-5-7(10(20-2)15-12(19)13-5)8(16)14-9-6(11(17)18)3-4-21-9/h3-4H,1-2H3,(H,14,16)(H,17,18)(H,13,15,19). The Hall–Kier alpha value is -2.13. The minimum absolute atomic E-state index is 0.0223. The van der Waals surface area contributed by atoms with E-state index in [0.29, 0.717) is 10.7 Å². The van der Waals surface area contributed by atoms with E-state index in [0.717, 1.165) is 11.3 Å². The molecule has 0 radical (unpaired) electrons. The lowest BCUT2D eigenvalue weighted by Gasteiger charge is -2.09. The average molecular weight is 325 g/mol. The van der Waals surface area contributed by atoms with Crippen LogP contribution in [-0.4, -0.2) is 33.2 Å². The maximum absolute atomic E-state index is 12.3. The Morgan fingerprint density at radius 1 is 1.48 bits per heavy atom. The summed E-state index contributed by atoms with van der Waals surface area (Å²) in [7, 11) is 0. The van der Waals surface area contributed by atoms with Gasteiger partial charge in [0.1, 0.15) is 10.0 Å². The largest absolute Gasteiger partial charge is 0.478 e. The van der Waals surface area contributed by atoms with E-state index in [1.807, 2.05) is 0 Å². The minimum Gasteiger partial charge on any atom is -0.478 e. The van der Waals surface area contributed by atoms with Gasteiger partial charge in [0.15, 0.2) is 0 Å². The van der Waals surface area contributed by atoms with Crippen LogP contribution in [0.3, 0.4) is 0 Å². The number of carboxylic acids is 1. The van der Waals surface area contributed by atoms with E-state index in [4.69, 9.17) is 5.11 Å². The molecule has 0 aromatic carbocycles. The van der Waals surface area contributed by atoms with Crippen LogP contribution in [0.2, 0.25) is 0 Å². The number of thioether (sulfide) groups is 1. The molecule has 21 heavy (non-hydrogen) atoms. The second kappa shape index (κ2) is 6.10. The molecule has 0 bridgehead atoms. The topological polar surface area (TPSA) is 112 Å². The van der Waals surface area contributed by atoms with Crippen molar-refractivity contribution in [3.8, 4) is 0 Å². The number of nitrogens with zero attached hydrogens (tertiary/aromatic N) is 1. The Bertz CT molecular complexity index is 766. The number of nitrogens with one attached hydrogen (secondary N) is 2. The fourth-order valence-corrected chi connectivity index (χ4v) is 3.11. The van der Waals surface area contributed by atoms with Crippen LogP contribution >= 0.6 is 23.1 Å². The molecule has 0 aliphatic heterocycles. The van der Waals surface area contributed by atoms with E-state index in [9.17, 15) is 14.4 Å². The van der Waals surface area contributed by atoms with Gasteiger partial charge in [0.05, 0.1) is 11.1 Å². The molecule has 0 atom stereocenters. The molecule has 1 amide bonds. The van der Waals surface area contributed by atoms with Crippen molar-refractivity contribution in [3.05, 3.63) is 38.8 Å². The summed E-state index contributed by atoms with van der Waals surface area (Å²) in [4.78, 5) is 40.9. The summed E-state index contributed by atoms with van der Waals surface area (Å²) in [5, 5.41) is 13.7. The molecule has 0 fully saturated rings. The number of aromatic nitrogens is 2. The molecule has 2 aromatic rings. The highest BCUT2D eigenvalue weighted by molar-refractivity contribution is 7.98. The summed E-state index contributed by atoms with van der Waals surface area (Å²) >= 11 is 2.28. The van der Waals surface area contributed by atoms with Crippen LogP contribution in [0.1, 0.15) is 26.4 Å². The Kier molecular flexibility index (Phi) is 4.43. The van der Waals surface area contributed by atoms with Crippen molar-refractivity contribution in [2.75, 3.05) is 11.6 Å². The van der Waals surface area contributed by atoms with Crippen molar-refractivity contribution in [2.24, 2.45) is 0 Å². The minimum atomic E-state index is -1.12. The molecule has 2 rings (SSSR count). The van der Waals surface area contributed by atoms with Crippen LogP contribution in [0.4, 0.5) is 5.00 Å². The summed E-state index contributed by atoms with van der Waals surface area (Å²) in [5.41, 5.74) is 0.0990. The monoisotopic (exact) mass is 325 g/mol. The Balaban J connectivity index is 2.39. The fraction of sp³-hybridized carbons (Fsp3) is 0.167. The van der Waals surface area contributed by atoms with Crippen molar-refractivity contribution in [2.45, 2.75) is 11.9 Å². The third-order valence-electron chi connectivity index (χ3n) is 2.63. The van der Waals surface area contributed by atoms with Gasteiger partial charge >= 0.3 is 11.7 Å². The Morgan fingerprint density at radius 3 is 2.81 bits per heavy atom. The zero-order valence-corrected chi connectivity index (χ0v) is 12.7. The van der Waals surface area contributed by atoms with Gasteiger partial charge < -0.3 is 15.4 Å². The van der Waals surface area contributed by atoms with Gasteiger partial charge in [0, 0.05) is 5.69 Å². The first-order valence-electron chi connectivity index (χ1n) is 5.71. The molecule has 2 heterocycles. The fourth-order valence-electron chi connectivity index (χ4n) is 1.71. The molecule has 0 saturated carbocycles. The van der Waals surface area contributed by atoms with E-state index < -0.39 is 17.6 Å². The first-order chi connectivity index (χ1) is 9.93. The molecule has 2 aromatic heterocycles. The Morgan fingerprint density at radius 2 is 2.19 bits per heavy atom. The number of thiophene rings is 1. The number of anilines is 1. The highest BCUT2D eigenvalue weighted by Crippen LogP contribution is 2.25. The van der Waals surface area contributed by atoms with Crippen molar-refractivity contribution in [1.29, 1.82) is 0 Å². The van der Waals surface area contributed by atoms with Crippen molar-refractivity contribution < 1.29 is 14.7 Å². The number of aromatic amines is 1. The third kappa shape index (κ3) is 3.14. The highest BCUT2D eigenvalue weighted by atomic mass is 32.2. The normalized spacial score (nSPS) is 10.4. The van der Waals surface area contributed by atoms with E-state index >= 15 is 0 Å². The zero-order chi connectivity index (χ0) is 15.6. The smallest absolute Gasteiger partial charge is 0.346 e. The van der Waals surface area contributed by atoms with Crippen LogP contribution in [0.5, 0.6) is 0 Å². The Labute approximate surface area is 127 Å². The summed E-state index contributed by atoms with van der Waals surface area (Å²) in [5.74, 6) is -1.63. The number of aryl methyl sites for hydroxylation is 1. The van der Waals surface area contributed by atoms with Gasteiger partial charge in [-0.3, -0.25) is 4.79 Å². The summed E-state index contributed by atoms with van der Waals surface area (Å²) in [6.07, 6.45) is 1.70. The maximum atomic E-state index is 12.3. The predicted molar refractivity (Wildman–Crippen MR) is 80.6 cm³/mol. The van der Waals surface area contributed by atoms with E-state index in [2.05, 4.69) is 15.3 Å². The molecule has 3 N–H and O–H groups in total. The molecular weight excluding hydrogens is 314 g/mol. The van der Waals surface area contributed by atoms with E-state index in [-0.39, 0.29) is 16.1 Å². The molecule has 110 valence electrons. The number of hydrogen-bond acceptors (Lipinski definition) is 6. The van der Waals surface area contributed by atoms with Crippen LogP contribution in [0.25, 0.3) is 0 Å². The van der Waals surface area contributed by atoms with Gasteiger partial charge in [0.2, 0.25) is 0 Å². The molecule has 9 heteroatoms. The lowest BCUT2D eigenvalue weighted by Crippen LogP contribution is -2.22. The molecule has 7 nitrogen and oxygen atoms in total. The number of rotatable bonds is 4.